The van der Waals surface area contributed by atoms with Gasteiger partial charge >= 0.3 is 5.97 Å². The molecule has 0 amide bonds. The van der Waals surface area contributed by atoms with Crippen molar-refractivity contribution >= 4 is 5.97 Å². The third-order valence-corrected chi connectivity index (χ3v) is 3.21. The largest absolute Gasteiger partial charge is 0.493 e. The summed E-state index contributed by atoms with van der Waals surface area (Å²) in [7, 11) is 1.41. The van der Waals surface area contributed by atoms with Gasteiger partial charge in [0.1, 0.15) is 5.75 Å². The van der Waals surface area contributed by atoms with E-state index in [4.69, 9.17) is 4.74 Å². The molecule has 18 heavy (non-hydrogen) atoms. The van der Waals surface area contributed by atoms with Crippen molar-refractivity contribution in [2.75, 3.05) is 26.8 Å². The molecule has 0 aliphatic carbocycles. The van der Waals surface area contributed by atoms with Crippen molar-refractivity contribution in [3.63, 3.8) is 0 Å². The second-order valence-electron chi connectivity index (χ2n) is 4.40. The minimum Gasteiger partial charge on any atom is -0.493 e. The Morgan fingerprint density at radius 2 is 2.33 bits per heavy atom. The summed E-state index contributed by atoms with van der Waals surface area (Å²) in [4.78, 5) is 11.0. The van der Waals surface area contributed by atoms with E-state index in [2.05, 4.69) is 16.1 Å². The summed E-state index contributed by atoms with van der Waals surface area (Å²) in [6, 6.07) is 8.15. The molecule has 1 heterocycles. The van der Waals surface area contributed by atoms with Crippen LogP contribution >= 0.6 is 0 Å². The van der Waals surface area contributed by atoms with E-state index in [9.17, 15) is 4.79 Å². The zero-order valence-corrected chi connectivity index (χ0v) is 10.6. The highest BCUT2D eigenvalue weighted by Gasteiger charge is 2.20. The molecule has 0 bridgehead atoms. The molecule has 98 valence electrons. The SMILES string of the molecule is COC(=O)CCNCC1CCOc2ccccc21. The topological polar surface area (TPSA) is 47.6 Å². The molecular weight excluding hydrogens is 230 g/mol. The van der Waals surface area contributed by atoms with Crippen molar-refractivity contribution in [1.29, 1.82) is 0 Å². The maximum absolute atomic E-state index is 11.0. The molecular formula is C14H19NO3. The number of rotatable bonds is 5. The van der Waals surface area contributed by atoms with Gasteiger partial charge in [0.2, 0.25) is 0 Å². The second kappa shape index (κ2) is 6.40. The first-order valence-corrected chi connectivity index (χ1v) is 6.30. The van der Waals surface area contributed by atoms with Gasteiger partial charge in [-0.05, 0) is 18.1 Å². The minimum absolute atomic E-state index is 0.171. The van der Waals surface area contributed by atoms with Gasteiger partial charge in [0.05, 0.1) is 20.1 Å². The van der Waals surface area contributed by atoms with Gasteiger partial charge in [0.15, 0.2) is 0 Å². The van der Waals surface area contributed by atoms with Crippen molar-refractivity contribution in [2.24, 2.45) is 0 Å². The molecule has 1 aliphatic heterocycles. The predicted molar refractivity (Wildman–Crippen MR) is 68.8 cm³/mol. The van der Waals surface area contributed by atoms with Crippen LogP contribution in [0.5, 0.6) is 5.75 Å². The van der Waals surface area contributed by atoms with Crippen LogP contribution in [0.2, 0.25) is 0 Å². The number of nitrogens with one attached hydrogen (secondary N) is 1. The van der Waals surface area contributed by atoms with Crippen LogP contribution in [0.25, 0.3) is 0 Å². The Hall–Kier alpha value is -1.55. The molecule has 0 spiro atoms. The lowest BCUT2D eigenvalue weighted by molar-refractivity contribution is -0.140. The Bertz CT molecular complexity index is 406. The second-order valence-corrected chi connectivity index (χ2v) is 4.40. The van der Waals surface area contributed by atoms with Crippen molar-refractivity contribution in [3.8, 4) is 5.75 Å². The highest BCUT2D eigenvalue weighted by Crippen LogP contribution is 2.32. The Balaban J connectivity index is 1.82. The molecule has 0 fully saturated rings. The highest BCUT2D eigenvalue weighted by molar-refractivity contribution is 5.69. The van der Waals surface area contributed by atoms with Crippen LogP contribution in [0.3, 0.4) is 0 Å². The van der Waals surface area contributed by atoms with Gasteiger partial charge in [-0.3, -0.25) is 4.79 Å². The van der Waals surface area contributed by atoms with Crippen LogP contribution < -0.4 is 10.1 Å². The number of methoxy groups -OCH3 is 1. The quantitative estimate of drug-likeness (QED) is 0.637. The zero-order valence-electron chi connectivity index (χ0n) is 10.6. The average molecular weight is 249 g/mol. The van der Waals surface area contributed by atoms with Gasteiger partial charge < -0.3 is 14.8 Å². The predicted octanol–water partition coefficient (Wildman–Crippen LogP) is 1.71. The van der Waals surface area contributed by atoms with Crippen LogP contribution in [-0.2, 0) is 9.53 Å². The van der Waals surface area contributed by atoms with E-state index >= 15 is 0 Å². The summed E-state index contributed by atoms with van der Waals surface area (Å²) in [6.45, 7) is 2.30. The monoisotopic (exact) mass is 249 g/mol. The number of carbonyl (C=O) groups excluding carboxylic acids is 1. The van der Waals surface area contributed by atoms with Gasteiger partial charge in [0.25, 0.3) is 0 Å². The molecule has 1 aromatic carbocycles. The summed E-state index contributed by atoms with van der Waals surface area (Å²) in [5, 5.41) is 3.30. The number of esters is 1. The van der Waals surface area contributed by atoms with Gasteiger partial charge in [-0.1, -0.05) is 18.2 Å². The molecule has 0 saturated heterocycles. The Morgan fingerprint density at radius 1 is 1.50 bits per heavy atom. The van der Waals surface area contributed by atoms with Crippen LogP contribution in [0.4, 0.5) is 0 Å². The molecule has 4 heteroatoms. The smallest absolute Gasteiger partial charge is 0.306 e. The molecule has 1 atom stereocenters. The molecule has 0 saturated carbocycles. The molecule has 0 radical (unpaired) electrons. The van der Waals surface area contributed by atoms with Crippen molar-refractivity contribution in [3.05, 3.63) is 29.8 Å². The highest BCUT2D eigenvalue weighted by atomic mass is 16.5. The number of fused-ring (bicyclic) bond motifs is 1. The maximum Gasteiger partial charge on any atom is 0.306 e. The minimum atomic E-state index is -0.171. The number of carbonyl (C=O) groups is 1. The van der Waals surface area contributed by atoms with Gasteiger partial charge in [-0.25, -0.2) is 0 Å². The van der Waals surface area contributed by atoms with Gasteiger partial charge in [-0.15, -0.1) is 0 Å². The standard InChI is InChI=1S/C14H19NO3/c1-17-14(16)6-8-15-10-11-7-9-18-13-5-3-2-4-12(11)13/h2-5,11,15H,6-10H2,1H3. The van der Waals surface area contributed by atoms with Gasteiger partial charge in [-0.2, -0.15) is 0 Å². The zero-order chi connectivity index (χ0) is 12.8. The fourth-order valence-electron chi connectivity index (χ4n) is 2.20. The van der Waals surface area contributed by atoms with E-state index in [1.165, 1.54) is 12.7 Å². The summed E-state index contributed by atoms with van der Waals surface area (Å²) in [6.07, 6.45) is 1.43. The van der Waals surface area contributed by atoms with E-state index in [1.807, 2.05) is 18.2 Å². The molecule has 1 N–H and O–H groups in total. The molecule has 2 rings (SSSR count). The van der Waals surface area contributed by atoms with Crippen LogP contribution in [0.1, 0.15) is 24.3 Å². The number of hydrogen-bond acceptors (Lipinski definition) is 4. The summed E-state index contributed by atoms with van der Waals surface area (Å²) in [5.74, 6) is 1.28. The Morgan fingerprint density at radius 3 is 3.17 bits per heavy atom. The van der Waals surface area contributed by atoms with Crippen LogP contribution in [0.15, 0.2) is 24.3 Å². The third kappa shape index (κ3) is 3.23. The van der Waals surface area contributed by atoms with Crippen molar-refractivity contribution in [2.45, 2.75) is 18.8 Å². The van der Waals surface area contributed by atoms with E-state index in [0.717, 1.165) is 25.3 Å². The lowest BCUT2D eigenvalue weighted by atomic mass is 9.93. The summed E-state index contributed by atoms with van der Waals surface area (Å²) < 4.78 is 10.2. The van der Waals surface area contributed by atoms with E-state index in [1.54, 1.807) is 0 Å². The summed E-state index contributed by atoms with van der Waals surface area (Å²) >= 11 is 0. The molecule has 1 aliphatic rings. The lowest BCUT2D eigenvalue weighted by Crippen LogP contribution is -2.27. The first-order valence-electron chi connectivity index (χ1n) is 6.30. The Kier molecular flexibility index (Phi) is 4.59. The number of para-hydroxylation sites is 1. The van der Waals surface area contributed by atoms with E-state index < -0.39 is 0 Å². The molecule has 1 aromatic rings. The average Bonchev–Trinajstić information content (AvgIpc) is 2.43. The van der Waals surface area contributed by atoms with Gasteiger partial charge in [0, 0.05) is 19.0 Å². The van der Waals surface area contributed by atoms with Crippen LogP contribution in [-0.4, -0.2) is 32.8 Å². The number of ether oxygens (including phenoxy) is 2. The first kappa shape index (κ1) is 12.9. The van der Waals surface area contributed by atoms with Crippen molar-refractivity contribution < 1.29 is 14.3 Å². The van der Waals surface area contributed by atoms with E-state index in [0.29, 0.717) is 18.9 Å². The van der Waals surface area contributed by atoms with Crippen molar-refractivity contribution in [1.82, 2.24) is 5.32 Å². The van der Waals surface area contributed by atoms with E-state index in [-0.39, 0.29) is 5.97 Å². The number of hydrogen-bond donors (Lipinski definition) is 1. The normalized spacial score (nSPS) is 17.7. The molecule has 1 unspecified atom stereocenters. The third-order valence-electron chi connectivity index (χ3n) is 3.21. The lowest BCUT2D eigenvalue weighted by Gasteiger charge is -2.26. The maximum atomic E-state index is 11.0. The number of benzene rings is 1. The molecule has 0 aromatic heterocycles. The first-order chi connectivity index (χ1) is 8.81. The Labute approximate surface area is 107 Å². The molecule has 4 nitrogen and oxygen atoms in total. The fourth-order valence-corrected chi connectivity index (χ4v) is 2.20. The fraction of sp³-hybridized carbons (Fsp3) is 0.500. The van der Waals surface area contributed by atoms with Crippen LogP contribution in [0, 0.1) is 0 Å². The summed E-state index contributed by atoms with van der Waals surface area (Å²) in [5.41, 5.74) is 1.26.